The van der Waals surface area contributed by atoms with Crippen molar-refractivity contribution in [1.29, 1.82) is 0 Å². The van der Waals surface area contributed by atoms with Gasteiger partial charge in [0.1, 0.15) is 5.76 Å². The number of amides is 1. The zero-order chi connectivity index (χ0) is 13.7. The van der Waals surface area contributed by atoms with Crippen molar-refractivity contribution in [2.75, 3.05) is 11.4 Å². The van der Waals surface area contributed by atoms with E-state index in [1.807, 2.05) is 30.3 Å². The predicted octanol–water partition coefficient (Wildman–Crippen LogP) is 3.67. The van der Waals surface area contributed by atoms with E-state index in [2.05, 4.69) is 6.58 Å². The highest BCUT2D eigenvalue weighted by molar-refractivity contribution is 5.95. The third kappa shape index (κ3) is 3.60. The molecular formula is C16H21NO2. The molecular weight excluding hydrogens is 238 g/mol. The van der Waals surface area contributed by atoms with Gasteiger partial charge in [0.2, 0.25) is 5.91 Å². The lowest BCUT2D eigenvalue weighted by Gasteiger charge is -2.29. The zero-order valence-corrected chi connectivity index (χ0v) is 11.2. The fourth-order valence-corrected chi connectivity index (χ4v) is 2.66. The van der Waals surface area contributed by atoms with E-state index in [4.69, 9.17) is 0 Å². The van der Waals surface area contributed by atoms with Crippen LogP contribution in [0.5, 0.6) is 0 Å². The van der Waals surface area contributed by atoms with Gasteiger partial charge in [-0.25, -0.2) is 0 Å². The van der Waals surface area contributed by atoms with Crippen LogP contribution in [0.15, 0.2) is 42.7 Å². The van der Waals surface area contributed by atoms with Gasteiger partial charge in [-0.15, -0.1) is 0 Å². The van der Waals surface area contributed by atoms with E-state index in [1.165, 1.54) is 6.42 Å². The first-order chi connectivity index (χ1) is 9.18. The molecule has 1 amide bonds. The molecule has 102 valence electrons. The average Bonchev–Trinajstić information content (AvgIpc) is 2.46. The Morgan fingerprint density at radius 2 is 1.84 bits per heavy atom. The maximum Gasteiger partial charge on any atom is 0.230 e. The van der Waals surface area contributed by atoms with E-state index >= 15 is 0 Å². The standard InChI is InChI=1S/C16H21NO2/c1-13(18)12-17(15-10-6-3-7-11-15)16(19)14-8-4-2-5-9-14/h3,6-7,10-11,14,18H,1-2,4-5,8-9,12H2. The number of benzene rings is 1. The first kappa shape index (κ1) is 13.7. The molecule has 0 heterocycles. The lowest BCUT2D eigenvalue weighted by molar-refractivity contribution is -0.123. The monoisotopic (exact) mass is 259 g/mol. The molecule has 19 heavy (non-hydrogen) atoms. The summed E-state index contributed by atoms with van der Waals surface area (Å²) in [6.45, 7) is 3.69. The second-order valence-electron chi connectivity index (χ2n) is 5.16. The van der Waals surface area contributed by atoms with Gasteiger partial charge in [-0.3, -0.25) is 4.79 Å². The highest BCUT2D eigenvalue weighted by Gasteiger charge is 2.27. The fourth-order valence-electron chi connectivity index (χ4n) is 2.66. The maximum atomic E-state index is 12.6. The van der Waals surface area contributed by atoms with Crippen molar-refractivity contribution in [2.45, 2.75) is 32.1 Å². The molecule has 3 heteroatoms. The summed E-state index contributed by atoms with van der Waals surface area (Å²) in [6.07, 6.45) is 5.39. The molecule has 0 atom stereocenters. The summed E-state index contributed by atoms with van der Waals surface area (Å²) in [4.78, 5) is 14.3. The third-order valence-electron chi connectivity index (χ3n) is 3.63. The molecule has 1 saturated carbocycles. The largest absolute Gasteiger partial charge is 0.511 e. The van der Waals surface area contributed by atoms with Crippen LogP contribution >= 0.6 is 0 Å². The fraction of sp³-hybridized carbons (Fsp3) is 0.438. The predicted molar refractivity (Wildman–Crippen MR) is 77.1 cm³/mol. The van der Waals surface area contributed by atoms with Crippen LogP contribution in [0.1, 0.15) is 32.1 Å². The Labute approximate surface area is 114 Å². The number of aliphatic hydroxyl groups is 1. The maximum absolute atomic E-state index is 12.6. The lowest BCUT2D eigenvalue weighted by atomic mass is 9.88. The summed E-state index contributed by atoms with van der Waals surface area (Å²) in [5, 5.41) is 9.44. The van der Waals surface area contributed by atoms with E-state index in [1.54, 1.807) is 4.90 Å². The molecule has 0 spiro atoms. The number of nitrogens with zero attached hydrogens (tertiary/aromatic N) is 1. The van der Waals surface area contributed by atoms with Crippen LogP contribution in [0.4, 0.5) is 5.69 Å². The number of para-hydroxylation sites is 1. The normalized spacial score (nSPS) is 16.0. The van der Waals surface area contributed by atoms with Crippen LogP contribution in [0.3, 0.4) is 0 Å². The van der Waals surface area contributed by atoms with Gasteiger partial charge >= 0.3 is 0 Å². The van der Waals surface area contributed by atoms with Gasteiger partial charge < -0.3 is 10.0 Å². The van der Waals surface area contributed by atoms with Crippen molar-refractivity contribution in [3.8, 4) is 0 Å². The molecule has 2 rings (SSSR count). The molecule has 1 fully saturated rings. The molecule has 1 aliphatic carbocycles. The van der Waals surface area contributed by atoms with E-state index < -0.39 is 0 Å². The summed E-state index contributed by atoms with van der Waals surface area (Å²) in [5.41, 5.74) is 0.827. The van der Waals surface area contributed by atoms with Gasteiger partial charge in [0.25, 0.3) is 0 Å². The first-order valence-electron chi connectivity index (χ1n) is 6.91. The van der Waals surface area contributed by atoms with Crippen LogP contribution in [0.25, 0.3) is 0 Å². The van der Waals surface area contributed by atoms with Gasteiger partial charge in [-0.05, 0) is 25.0 Å². The Bertz CT molecular complexity index is 435. The molecule has 1 aliphatic rings. The lowest BCUT2D eigenvalue weighted by Crippen LogP contribution is -2.38. The minimum Gasteiger partial charge on any atom is -0.511 e. The molecule has 1 aromatic carbocycles. The summed E-state index contributed by atoms with van der Waals surface area (Å²) in [6, 6.07) is 9.50. The summed E-state index contributed by atoms with van der Waals surface area (Å²) < 4.78 is 0. The molecule has 0 saturated heterocycles. The Morgan fingerprint density at radius 3 is 2.42 bits per heavy atom. The molecule has 1 N–H and O–H groups in total. The van der Waals surface area contributed by atoms with Crippen molar-refractivity contribution in [3.63, 3.8) is 0 Å². The van der Waals surface area contributed by atoms with Crippen molar-refractivity contribution in [2.24, 2.45) is 5.92 Å². The quantitative estimate of drug-likeness (QED) is 0.838. The van der Waals surface area contributed by atoms with E-state index in [-0.39, 0.29) is 24.1 Å². The van der Waals surface area contributed by atoms with Gasteiger partial charge in [0.05, 0.1) is 6.54 Å². The molecule has 0 unspecified atom stereocenters. The average molecular weight is 259 g/mol. The van der Waals surface area contributed by atoms with E-state index in [0.29, 0.717) is 0 Å². The Morgan fingerprint density at radius 1 is 1.21 bits per heavy atom. The van der Waals surface area contributed by atoms with Crippen LogP contribution in [-0.2, 0) is 4.79 Å². The first-order valence-corrected chi connectivity index (χ1v) is 6.91. The second kappa shape index (κ2) is 6.41. The Kier molecular flexibility index (Phi) is 4.61. The van der Waals surface area contributed by atoms with Crippen LogP contribution in [0.2, 0.25) is 0 Å². The Balaban J connectivity index is 2.17. The van der Waals surface area contributed by atoms with Crippen molar-refractivity contribution in [1.82, 2.24) is 0 Å². The van der Waals surface area contributed by atoms with Crippen LogP contribution < -0.4 is 4.90 Å². The second-order valence-corrected chi connectivity index (χ2v) is 5.16. The molecule has 0 aromatic heterocycles. The van der Waals surface area contributed by atoms with Crippen molar-refractivity contribution in [3.05, 3.63) is 42.7 Å². The number of rotatable bonds is 4. The minimum absolute atomic E-state index is 0.0213. The molecule has 0 radical (unpaired) electrons. The van der Waals surface area contributed by atoms with Crippen molar-refractivity contribution < 1.29 is 9.90 Å². The smallest absolute Gasteiger partial charge is 0.230 e. The van der Waals surface area contributed by atoms with Crippen molar-refractivity contribution >= 4 is 11.6 Å². The van der Waals surface area contributed by atoms with Crippen LogP contribution in [0, 0.1) is 5.92 Å². The molecule has 3 nitrogen and oxygen atoms in total. The molecule has 0 bridgehead atoms. The number of carbonyl (C=O) groups is 1. The van der Waals surface area contributed by atoms with Gasteiger partial charge in [-0.1, -0.05) is 44.0 Å². The number of anilines is 1. The summed E-state index contributed by atoms with van der Waals surface area (Å²) in [7, 11) is 0. The van der Waals surface area contributed by atoms with Crippen LogP contribution in [-0.4, -0.2) is 17.6 Å². The topological polar surface area (TPSA) is 40.5 Å². The Hall–Kier alpha value is -1.77. The van der Waals surface area contributed by atoms with Gasteiger partial charge in [0, 0.05) is 11.6 Å². The zero-order valence-electron chi connectivity index (χ0n) is 11.2. The SMILES string of the molecule is C=C(O)CN(C(=O)C1CCCCC1)c1ccccc1. The number of hydrogen-bond donors (Lipinski definition) is 1. The van der Waals surface area contributed by atoms with E-state index in [9.17, 15) is 9.90 Å². The number of hydrogen-bond acceptors (Lipinski definition) is 2. The molecule has 1 aromatic rings. The minimum atomic E-state index is 0.0213. The van der Waals surface area contributed by atoms with Gasteiger partial charge in [-0.2, -0.15) is 0 Å². The number of aliphatic hydroxyl groups excluding tert-OH is 1. The molecule has 0 aliphatic heterocycles. The highest BCUT2D eigenvalue weighted by atomic mass is 16.3. The van der Waals surface area contributed by atoms with E-state index in [0.717, 1.165) is 31.4 Å². The number of carbonyl (C=O) groups excluding carboxylic acids is 1. The third-order valence-corrected chi connectivity index (χ3v) is 3.63. The summed E-state index contributed by atoms with van der Waals surface area (Å²) in [5.74, 6) is 0.224. The van der Waals surface area contributed by atoms with Gasteiger partial charge in [0.15, 0.2) is 0 Å². The highest BCUT2D eigenvalue weighted by Crippen LogP contribution is 2.27. The summed E-state index contributed by atoms with van der Waals surface area (Å²) >= 11 is 0.